The van der Waals surface area contributed by atoms with Gasteiger partial charge < -0.3 is 4.57 Å². The van der Waals surface area contributed by atoms with E-state index >= 15 is 0 Å². The average molecular weight is 427 g/mol. The minimum absolute atomic E-state index is 0.251. The lowest BCUT2D eigenvalue weighted by molar-refractivity contribution is 0.599. The van der Waals surface area contributed by atoms with Crippen LogP contribution in [-0.2, 0) is 23.1 Å². The number of fused-ring (bicyclic) bond motifs is 1. The highest BCUT2D eigenvalue weighted by Gasteiger charge is 2.20. The first kappa shape index (κ1) is 19.8. The fraction of sp³-hybridized carbons (Fsp3) is 0.174. The van der Waals surface area contributed by atoms with Crippen LogP contribution in [-0.4, -0.2) is 13.8 Å². The van der Waals surface area contributed by atoms with Crippen LogP contribution in [0.1, 0.15) is 22.4 Å². The summed E-state index contributed by atoms with van der Waals surface area (Å²) in [6.45, 7) is 4.39. The number of benzene rings is 2. The number of aryl methyl sites for hydroxylation is 1. The normalized spacial score (nSPS) is 12.4. The number of hydrogen-bond acceptors (Lipinski definition) is 2. The molecule has 0 saturated heterocycles. The largest absolute Gasteiger partial charge is 0.338 e. The third-order valence-electron chi connectivity index (χ3n) is 5.23. The first-order chi connectivity index (χ1) is 14.0. The zero-order chi connectivity index (χ0) is 20.5. The summed E-state index contributed by atoms with van der Waals surface area (Å²) in [7, 11) is -1.35. The van der Waals surface area contributed by atoms with Gasteiger partial charge >= 0.3 is 0 Å². The van der Waals surface area contributed by atoms with Gasteiger partial charge in [-0.05, 0) is 49.2 Å². The van der Waals surface area contributed by atoms with Gasteiger partial charge in [-0.3, -0.25) is 4.21 Å². The summed E-state index contributed by atoms with van der Waals surface area (Å²) in [4.78, 5) is 4.46. The molecule has 6 heteroatoms. The molecule has 2 aromatic heterocycles. The predicted octanol–water partition coefficient (Wildman–Crippen LogP) is 5.80. The highest BCUT2D eigenvalue weighted by Crippen LogP contribution is 2.30. The Morgan fingerprint density at radius 1 is 1.07 bits per heavy atom. The van der Waals surface area contributed by atoms with Gasteiger partial charge in [0, 0.05) is 27.9 Å². The van der Waals surface area contributed by atoms with Crippen LogP contribution in [0.25, 0.3) is 10.9 Å². The van der Waals surface area contributed by atoms with Crippen LogP contribution in [0.3, 0.4) is 0 Å². The van der Waals surface area contributed by atoms with Crippen LogP contribution in [0, 0.1) is 19.7 Å². The first-order valence-corrected chi connectivity index (χ1v) is 11.0. The Morgan fingerprint density at radius 3 is 2.52 bits per heavy atom. The zero-order valence-corrected chi connectivity index (χ0v) is 17.7. The van der Waals surface area contributed by atoms with Crippen LogP contribution < -0.4 is 0 Å². The predicted molar refractivity (Wildman–Crippen MR) is 116 cm³/mol. The van der Waals surface area contributed by atoms with E-state index < -0.39 is 10.8 Å². The van der Waals surface area contributed by atoms with Gasteiger partial charge in [0.15, 0.2) is 5.03 Å². The van der Waals surface area contributed by atoms with Crippen molar-refractivity contribution in [2.45, 2.75) is 31.2 Å². The number of rotatable bonds is 5. The third kappa shape index (κ3) is 3.85. The van der Waals surface area contributed by atoms with Gasteiger partial charge in [-0.1, -0.05) is 41.9 Å². The Balaban J connectivity index is 1.80. The summed E-state index contributed by atoms with van der Waals surface area (Å²) in [5.41, 5.74) is 4.42. The molecule has 0 fully saturated rings. The number of aromatic nitrogens is 2. The molecule has 0 aliphatic heterocycles. The van der Waals surface area contributed by atoms with Crippen LogP contribution in [0.5, 0.6) is 0 Å². The summed E-state index contributed by atoms with van der Waals surface area (Å²) in [6.07, 6.45) is 1.69. The van der Waals surface area contributed by atoms with Gasteiger partial charge in [0.05, 0.1) is 28.6 Å². The summed E-state index contributed by atoms with van der Waals surface area (Å²) < 4.78 is 29.5. The molecular formula is C23H20ClFN2OS. The Morgan fingerprint density at radius 2 is 1.79 bits per heavy atom. The van der Waals surface area contributed by atoms with Gasteiger partial charge in [-0.25, -0.2) is 9.37 Å². The maximum absolute atomic E-state index is 14.3. The zero-order valence-electron chi connectivity index (χ0n) is 16.2. The van der Waals surface area contributed by atoms with Crippen LogP contribution >= 0.6 is 11.6 Å². The summed E-state index contributed by atoms with van der Waals surface area (Å²) in [5.74, 6) is 0.0887. The molecule has 2 aromatic carbocycles. The summed E-state index contributed by atoms with van der Waals surface area (Å²) in [6, 6.07) is 16.0. The minimum atomic E-state index is -1.35. The maximum Gasteiger partial charge on any atom is 0.151 e. The lowest BCUT2D eigenvalue weighted by Gasteiger charge is -2.12. The van der Waals surface area contributed by atoms with Crippen molar-refractivity contribution in [1.82, 2.24) is 9.55 Å². The molecule has 3 nitrogen and oxygen atoms in total. The molecule has 0 aliphatic rings. The number of nitrogens with zero attached hydrogens (tertiary/aromatic N) is 2. The topological polar surface area (TPSA) is 34.9 Å². The Labute approximate surface area is 176 Å². The molecule has 1 unspecified atom stereocenters. The maximum atomic E-state index is 14.3. The third-order valence-corrected chi connectivity index (χ3v) is 6.80. The molecule has 0 radical (unpaired) electrons. The molecular weight excluding hydrogens is 407 g/mol. The minimum Gasteiger partial charge on any atom is -0.338 e. The van der Waals surface area contributed by atoms with Crippen molar-refractivity contribution in [2.24, 2.45) is 0 Å². The standard InChI is InChI=1S/C23H20ClFN2OS/c1-15-16(2)27(13-18-5-3-4-6-21(18)25)22-20(15)11-12-26-23(22)29(28)14-17-7-9-19(24)10-8-17/h3-12H,13-14H2,1-2H3. The SMILES string of the molecule is Cc1c(C)n(Cc2ccccc2F)c2c(S(=O)Cc3ccc(Cl)cc3)nccc12. The van der Waals surface area contributed by atoms with Crippen molar-refractivity contribution in [2.75, 3.05) is 0 Å². The van der Waals surface area contributed by atoms with Gasteiger partial charge in [0.1, 0.15) is 5.82 Å². The quantitative estimate of drug-likeness (QED) is 0.404. The molecule has 29 heavy (non-hydrogen) atoms. The highest BCUT2D eigenvalue weighted by atomic mass is 35.5. The van der Waals surface area contributed by atoms with E-state index in [1.54, 1.807) is 30.5 Å². The van der Waals surface area contributed by atoms with Crippen molar-refractivity contribution < 1.29 is 8.60 Å². The number of hydrogen-bond donors (Lipinski definition) is 0. The van der Waals surface area contributed by atoms with Crippen LogP contribution in [0.15, 0.2) is 65.8 Å². The second kappa shape index (κ2) is 8.09. The molecule has 0 N–H and O–H groups in total. The Bertz CT molecular complexity index is 1220. The summed E-state index contributed by atoms with van der Waals surface area (Å²) >= 11 is 5.95. The van der Waals surface area contributed by atoms with Crippen molar-refractivity contribution in [3.05, 3.63) is 94.0 Å². The van der Waals surface area contributed by atoms with Crippen molar-refractivity contribution >= 4 is 33.3 Å². The molecule has 4 rings (SSSR count). The van der Waals surface area contributed by atoms with E-state index in [2.05, 4.69) is 4.98 Å². The Kier molecular flexibility index (Phi) is 5.52. The molecule has 0 amide bonds. The molecule has 148 valence electrons. The summed E-state index contributed by atoms with van der Waals surface area (Å²) in [5, 5.41) is 2.16. The van der Waals surface area contributed by atoms with E-state index in [0.717, 1.165) is 27.7 Å². The molecule has 0 aliphatic carbocycles. The molecule has 0 bridgehead atoms. The van der Waals surface area contributed by atoms with E-state index in [1.165, 1.54) is 6.07 Å². The molecule has 1 atom stereocenters. The lowest BCUT2D eigenvalue weighted by atomic mass is 10.2. The van der Waals surface area contributed by atoms with Gasteiger partial charge in [0.25, 0.3) is 0 Å². The van der Waals surface area contributed by atoms with Crippen molar-refractivity contribution in [3.63, 3.8) is 0 Å². The van der Waals surface area contributed by atoms with E-state index in [0.29, 0.717) is 27.9 Å². The number of halogens is 2. The molecule has 0 saturated carbocycles. The molecule has 2 heterocycles. The monoisotopic (exact) mass is 426 g/mol. The van der Waals surface area contributed by atoms with E-state index in [-0.39, 0.29) is 5.82 Å². The second-order valence-electron chi connectivity index (χ2n) is 7.02. The van der Waals surface area contributed by atoms with Gasteiger partial charge in [-0.2, -0.15) is 0 Å². The van der Waals surface area contributed by atoms with Crippen LogP contribution in [0.2, 0.25) is 5.02 Å². The molecule has 4 aromatic rings. The van der Waals surface area contributed by atoms with E-state index in [9.17, 15) is 8.60 Å². The fourth-order valence-corrected chi connectivity index (χ4v) is 4.90. The van der Waals surface area contributed by atoms with Crippen molar-refractivity contribution in [3.8, 4) is 0 Å². The average Bonchev–Trinajstić information content (AvgIpc) is 2.96. The first-order valence-electron chi connectivity index (χ1n) is 9.26. The number of pyridine rings is 1. The highest BCUT2D eigenvalue weighted by molar-refractivity contribution is 7.84. The van der Waals surface area contributed by atoms with Crippen molar-refractivity contribution in [1.29, 1.82) is 0 Å². The van der Waals surface area contributed by atoms with E-state index in [4.69, 9.17) is 11.6 Å². The smallest absolute Gasteiger partial charge is 0.151 e. The van der Waals surface area contributed by atoms with Gasteiger partial charge in [0.2, 0.25) is 0 Å². The van der Waals surface area contributed by atoms with E-state index in [1.807, 2.05) is 42.7 Å². The lowest BCUT2D eigenvalue weighted by Crippen LogP contribution is -2.07. The molecule has 0 spiro atoms. The van der Waals surface area contributed by atoms with Crippen LogP contribution in [0.4, 0.5) is 4.39 Å². The fourth-order valence-electron chi connectivity index (χ4n) is 3.52. The van der Waals surface area contributed by atoms with Gasteiger partial charge in [-0.15, -0.1) is 0 Å². The second-order valence-corrected chi connectivity index (χ2v) is 8.82. The Hall–Kier alpha value is -2.50.